The van der Waals surface area contributed by atoms with Gasteiger partial charge in [-0.25, -0.2) is 8.78 Å². The summed E-state index contributed by atoms with van der Waals surface area (Å²) in [5.41, 5.74) is 0.0245. The van der Waals surface area contributed by atoms with E-state index in [0.717, 1.165) is 17.0 Å². The van der Waals surface area contributed by atoms with Crippen LogP contribution < -0.4 is 4.90 Å². The summed E-state index contributed by atoms with van der Waals surface area (Å²) in [6.45, 7) is 0.0732. The lowest BCUT2D eigenvalue weighted by molar-refractivity contribution is -0.116. The van der Waals surface area contributed by atoms with Crippen LogP contribution in [0.15, 0.2) is 76.2 Å². The molecule has 0 spiro atoms. The van der Waals surface area contributed by atoms with Crippen molar-refractivity contribution in [3.05, 3.63) is 84.3 Å². The molecule has 128 valence electrons. The SMILES string of the molecule is O=C(CSc1ccccc1)N(Cc1ccco1)c1ccc(F)cc1F. The average molecular weight is 359 g/mol. The molecule has 3 nitrogen and oxygen atoms in total. The fourth-order valence-corrected chi connectivity index (χ4v) is 3.10. The van der Waals surface area contributed by atoms with Gasteiger partial charge >= 0.3 is 0 Å². The van der Waals surface area contributed by atoms with Gasteiger partial charge in [0, 0.05) is 11.0 Å². The number of halogens is 2. The number of nitrogens with zero attached hydrogens (tertiary/aromatic N) is 1. The van der Waals surface area contributed by atoms with Gasteiger partial charge in [0.05, 0.1) is 24.2 Å². The molecule has 2 aromatic carbocycles. The van der Waals surface area contributed by atoms with Gasteiger partial charge in [-0.3, -0.25) is 4.79 Å². The van der Waals surface area contributed by atoms with Gasteiger partial charge < -0.3 is 9.32 Å². The van der Waals surface area contributed by atoms with Gasteiger partial charge in [-0.15, -0.1) is 11.8 Å². The second kappa shape index (κ2) is 7.98. The highest BCUT2D eigenvalue weighted by molar-refractivity contribution is 8.00. The van der Waals surface area contributed by atoms with Crippen molar-refractivity contribution in [3.8, 4) is 0 Å². The molecule has 0 saturated carbocycles. The van der Waals surface area contributed by atoms with E-state index in [0.29, 0.717) is 5.76 Å². The van der Waals surface area contributed by atoms with Crippen molar-refractivity contribution in [1.29, 1.82) is 0 Å². The maximum absolute atomic E-state index is 14.2. The van der Waals surface area contributed by atoms with E-state index in [4.69, 9.17) is 4.42 Å². The zero-order valence-corrected chi connectivity index (χ0v) is 14.0. The maximum atomic E-state index is 14.2. The van der Waals surface area contributed by atoms with Gasteiger partial charge in [-0.1, -0.05) is 18.2 Å². The summed E-state index contributed by atoms with van der Waals surface area (Å²) in [6.07, 6.45) is 1.48. The van der Waals surface area contributed by atoms with Gasteiger partial charge in [0.1, 0.15) is 17.4 Å². The Morgan fingerprint density at radius 2 is 1.84 bits per heavy atom. The van der Waals surface area contributed by atoms with Crippen LogP contribution in [-0.4, -0.2) is 11.7 Å². The van der Waals surface area contributed by atoms with Crippen molar-refractivity contribution in [2.24, 2.45) is 0 Å². The minimum Gasteiger partial charge on any atom is -0.467 e. The van der Waals surface area contributed by atoms with Gasteiger partial charge in [0.15, 0.2) is 0 Å². The molecule has 3 aromatic rings. The quantitative estimate of drug-likeness (QED) is 0.588. The standard InChI is InChI=1S/C19H15F2NO2S/c20-14-8-9-18(17(21)11-14)22(12-15-5-4-10-24-15)19(23)13-25-16-6-2-1-3-7-16/h1-11H,12-13H2. The number of thioether (sulfide) groups is 1. The van der Waals surface area contributed by atoms with E-state index in [-0.39, 0.29) is 23.9 Å². The molecule has 6 heteroatoms. The van der Waals surface area contributed by atoms with Crippen LogP contribution in [0.2, 0.25) is 0 Å². The monoisotopic (exact) mass is 359 g/mol. The Balaban J connectivity index is 1.81. The van der Waals surface area contributed by atoms with E-state index in [2.05, 4.69) is 0 Å². The molecule has 0 fully saturated rings. The smallest absolute Gasteiger partial charge is 0.237 e. The van der Waals surface area contributed by atoms with Gasteiger partial charge in [0.2, 0.25) is 5.91 Å². The normalized spacial score (nSPS) is 10.6. The van der Waals surface area contributed by atoms with E-state index in [1.54, 1.807) is 12.1 Å². The summed E-state index contributed by atoms with van der Waals surface area (Å²) in [6, 6.07) is 16.0. The van der Waals surface area contributed by atoms with E-state index in [9.17, 15) is 13.6 Å². The van der Waals surface area contributed by atoms with Gasteiger partial charge in [0.25, 0.3) is 0 Å². The number of benzene rings is 2. The Bertz CT molecular complexity index is 838. The number of hydrogen-bond donors (Lipinski definition) is 0. The lowest BCUT2D eigenvalue weighted by Crippen LogP contribution is -2.32. The summed E-state index contributed by atoms with van der Waals surface area (Å²) >= 11 is 1.35. The van der Waals surface area contributed by atoms with E-state index < -0.39 is 11.6 Å². The predicted octanol–water partition coefficient (Wildman–Crippen LogP) is 4.88. The number of hydrogen-bond acceptors (Lipinski definition) is 3. The molecule has 0 atom stereocenters. The molecule has 0 aliphatic carbocycles. The first-order valence-corrected chi connectivity index (χ1v) is 8.57. The molecule has 25 heavy (non-hydrogen) atoms. The summed E-state index contributed by atoms with van der Waals surface area (Å²) in [7, 11) is 0. The van der Waals surface area contributed by atoms with Crippen LogP contribution in [0.4, 0.5) is 14.5 Å². The number of amides is 1. The Morgan fingerprint density at radius 3 is 2.52 bits per heavy atom. The zero-order valence-electron chi connectivity index (χ0n) is 13.2. The third-order valence-electron chi connectivity index (χ3n) is 3.50. The van der Waals surface area contributed by atoms with Crippen LogP contribution in [0.1, 0.15) is 5.76 Å². The first-order valence-electron chi connectivity index (χ1n) is 7.59. The molecule has 3 rings (SSSR count). The highest BCUT2D eigenvalue weighted by atomic mass is 32.2. The minimum atomic E-state index is -0.787. The summed E-state index contributed by atoms with van der Waals surface area (Å²) in [5.74, 6) is -1.13. The molecule has 0 saturated heterocycles. The summed E-state index contributed by atoms with van der Waals surface area (Å²) in [4.78, 5) is 14.9. The van der Waals surface area contributed by atoms with Crippen molar-refractivity contribution in [2.75, 3.05) is 10.7 Å². The second-order valence-corrected chi connectivity index (χ2v) is 6.31. The van der Waals surface area contributed by atoms with E-state index in [1.165, 1.54) is 29.0 Å². The van der Waals surface area contributed by atoms with Crippen molar-refractivity contribution >= 4 is 23.4 Å². The highest BCUT2D eigenvalue weighted by Gasteiger charge is 2.21. The lowest BCUT2D eigenvalue weighted by atomic mass is 10.2. The molecule has 0 aliphatic heterocycles. The third kappa shape index (κ3) is 4.48. The number of rotatable bonds is 6. The summed E-state index contributed by atoms with van der Waals surface area (Å²) < 4.78 is 32.6. The summed E-state index contributed by atoms with van der Waals surface area (Å²) in [5, 5.41) is 0. The fourth-order valence-electron chi connectivity index (χ4n) is 2.31. The Morgan fingerprint density at radius 1 is 1.04 bits per heavy atom. The van der Waals surface area contributed by atoms with Crippen molar-refractivity contribution in [3.63, 3.8) is 0 Å². The lowest BCUT2D eigenvalue weighted by Gasteiger charge is -2.22. The molecule has 0 radical (unpaired) electrons. The van der Waals surface area contributed by atoms with Crippen LogP contribution in [0.3, 0.4) is 0 Å². The largest absolute Gasteiger partial charge is 0.467 e. The van der Waals surface area contributed by atoms with Crippen molar-refractivity contribution in [1.82, 2.24) is 0 Å². The van der Waals surface area contributed by atoms with E-state index >= 15 is 0 Å². The maximum Gasteiger partial charge on any atom is 0.237 e. The second-order valence-electron chi connectivity index (χ2n) is 5.26. The highest BCUT2D eigenvalue weighted by Crippen LogP contribution is 2.25. The molecule has 0 N–H and O–H groups in total. The molecule has 0 aliphatic rings. The average Bonchev–Trinajstić information content (AvgIpc) is 3.12. The molecule has 0 bridgehead atoms. The van der Waals surface area contributed by atoms with Crippen LogP contribution in [0, 0.1) is 11.6 Å². The minimum absolute atomic E-state index is 0.0245. The van der Waals surface area contributed by atoms with Crippen LogP contribution in [0.25, 0.3) is 0 Å². The topological polar surface area (TPSA) is 33.5 Å². The van der Waals surface area contributed by atoms with Crippen LogP contribution >= 0.6 is 11.8 Å². The zero-order chi connectivity index (χ0) is 17.6. The van der Waals surface area contributed by atoms with Gasteiger partial charge in [-0.2, -0.15) is 0 Å². The van der Waals surface area contributed by atoms with Crippen molar-refractivity contribution < 1.29 is 18.0 Å². The molecular formula is C19H15F2NO2S. The van der Waals surface area contributed by atoms with E-state index in [1.807, 2.05) is 30.3 Å². The number of anilines is 1. The fraction of sp³-hybridized carbons (Fsp3) is 0.105. The predicted molar refractivity (Wildman–Crippen MR) is 93.4 cm³/mol. The third-order valence-corrected chi connectivity index (χ3v) is 4.50. The molecule has 1 amide bonds. The first-order chi connectivity index (χ1) is 12.1. The van der Waals surface area contributed by atoms with Crippen molar-refractivity contribution in [2.45, 2.75) is 11.4 Å². The molecular weight excluding hydrogens is 344 g/mol. The molecule has 1 heterocycles. The number of carbonyl (C=O) groups is 1. The number of carbonyl (C=O) groups excluding carboxylic acids is 1. The van der Waals surface area contributed by atoms with Crippen LogP contribution in [0.5, 0.6) is 0 Å². The van der Waals surface area contributed by atoms with Crippen LogP contribution in [-0.2, 0) is 11.3 Å². The molecule has 1 aromatic heterocycles. The molecule has 0 unspecified atom stereocenters. The Hall–Kier alpha value is -2.60. The first kappa shape index (κ1) is 17.2. The number of furan rings is 1. The Kier molecular flexibility index (Phi) is 5.50. The van der Waals surface area contributed by atoms with Gasteiger partial charge in [-0.05, 0) is 36.4 Å². The Labute approximate surface area is 148 Å².